The van der Waals surface area contributed by atoms with Gasteiger partial charge < -0.3 is 20.3 Å². The van der Waals surface area contributed by atoms with Gasteiger partial charge in [0.25, 0.3) is 0 Å². The Morgan fingerprint density at radius 3 is 2.60 bits per heavy atom. The molecule has 30 heavy (non-hydrogen) atoms. The van der Waals surface area contributed by atoms with E-state index in [2.05, 4.69) is 15.5 Å². The molecule has 0 saturated carbocycles. The summed E-state index contributed by atoms with van der Waals surface area (Å²) < 4.78 is 5.40. The zero-order chi connectivity index (χ0) is 21.7. The van der Waals surface area contributed by atoms with Crippen LogP contribution >= 0.6 is 11.8 Å². The third kappa shape index (κ3) is 6.37. The first-order valence-corrected chi connectivity index (χ1v) is 11.1. The van der Waals surface area contributed by atoms with Gasteiger partial charge >= 0.3 is 6.09 Å². The maximum Gasteiger partial charge on any atom is 0.410 e. The predicted molar refractivity (Wildman–Crippen MR) is 117 cm³/mol. The minimum absolute atomic E-state index is 0.130. The van der Waals surface area contributed by atoms with Gasteiger partial charge in [0.1, 0.15) is 5.60 Å². The second kappa shape index (κ2) is 9.70. The van der Waals surface area contributed by atoms with Gasteiger partial charge in [0.2, 0.25) is 11.8 Å². The van der Waals surface area contributed by atoms with Crippen molar-refractivity contribution in [2.45, 2.75) is 42.9 Å². The summed E-state index contributed by atoms with van der Waals surface area (Å²) in [5, 5.41) is 5.35. The Kier molecular flexibility index (Phi) is 7.25. The van der Waals surface area contributed by atoms with Crippen LogP contribution < -0.4 is 10.6 Å². The second-order valence-electron chi connectivity index (χ2n) is 8.46. The number of anilines is 1. The van der Waals surface area contributed by atoms with Crippen molar-refractivity contribution in [3.05, 3.63) is 24.3 Å². The van der Waals surface area contributed by atoms with Crippen LogP contribution in [0.15, 0.2) is 29.2 Å². The number of para-hydroxylation sites is 1. The predicted octanol–water partition coefficient (Wildman–Crippen LogP) is 2.16. The van der Waals surface area contributed by atoms with E-state index in [1.54, 1.807) is 4.90 Å². The van der Waals surface area contributed by atoms with Gasteiger partial charge in [-0.2, -0.15) is 0 Å². The highest BCUT2D eigenvalue weighted by molar-refractivity contribution is 8.01. The van der Waals surface area contributed by atoms with Crippen molar-refractivity contribution in [1.29, 1.82) is 0 Å². The Hall–Kier alpha value is -2.26. The lowest BCUT2D eigenvalue weighted by molar-refractivity contribution is -0.124. The van der Waals surface area contributed by atoms with E-state index >= 15 is 0 Å². The molecule has 2 N–H and O–H groups in total. The molecular formula is C21H30N4O4S. The fraction of sp³-hybridized carbons (Fsp3) is 0.571. The number of carbonyl (C=O) groups is 3. The van der Waals surface area contributed by atoms with Gasteiger partial charge in [-0.05, 0) is 32.9 Å². The standard InChI is InChI=1S/C21H30N4O4S/c1-21(2,3)29-20(28)25-12-10-24(11-13-25)9-8-22-18(26)14-17-19(27)23-15-6-4-5-7-16(15)30-17/h4-7,17H,8-14H2,1-3H3,(H,22,26)(H,23,27). The molecule has 1 fully saturated rings. The molecule has 0 radical (unpaired) electrons. The summed E-state index contributed by atoms with van der Waals surface area (Å²) >= 11 is 1.43. The molecular weight excluding hydrogens is 404 g/mol. The Morgan fingerprint density at radius 2 is 1.90 bits per heavy atom. The van der Waals surface area contributed by atoms with Gasteiger partial charge in [-0.25, -0.2) is 4.79 Å². The third-order valence-corrected chi connectivity index (χ3v) is 6.13. The molecule has 1 aromatic carbocycles. The number of thioether (sulfide) groups is 1. The van der Waals surface area contributed by atoms with E-state index in [0.717, 1.165) is 23.7 Å². The molecule has 0 aliphatic carbocycles. The minimum atomic E-state index is -0.492. The van der Waals surface area contributed by atoms with Crippen molar-refractivity contribution < 1.29 is 19.1 Å². The molecule has 9 heteroatoms. The lowest BCUT2D eigenvalue weighted by Crippen LogP contribution is -2.51. The number of nitrogens with one attached hydrogen (secondary N) is 2. The molecule has 8 nitrogen and oxygen atoms in total. The second-order valence-corrected chi connectivity index (χ2v) is 9.70. The molecule has 2 heterocycles. The van der Waals surface area contributed by atoms with Crippen molar-refractivity contribution in [3.63, 3.8) is 0 Å². The molecule has 3 rings (SSSR count). The van der Waals surface area contributed by atoms with Crippen molar-refractivity contribution in [2.24, 2.45) is 0 Å². The summed E-state index contributed by atoms with van der Waals surface area (Å²) in [5.74, 6) is -0.262. The molecule has 1 atom stereocenters. The van der Waals surface area contributed by atoms with Gasteiger partial charge in [-0.15, -0.1) is 11.8 Å². The smallest absolute Gasteiger partial charge is 0.410 e. The van der Waals surface area contributed by atoms with Crippen molar-refractivity contribution in [2.75, 3.05) is 44.6 Å². The van der Waals surface area contributed by atoms with Crippen molar-refractivity contribution in [3.8, 4) is 0 Å². The highest BCUT2D eigenvalue weighted by Crippen LogP contribution is 2.36. The van der Waals surface area contributed by atoms with Crippen molar-refractivity contribution >= 4 is 35.4 Å². The Labute approximate surface area is 181 Å². The maximum atomic E-state index is 12.3. The van der Waals surface area contributed by atoms with Gasteiger partial charge in [-0.3, -0.25) is 14.5 Å². The molecule has 1 unspecified atom stereocenters. The molecule has 2 aliphatic rings. The Bertz CT molecular complexity index is 787. The van der Waals surface area contributed by atoms with Crippen molar-refractivity contribution in [1.82, 2.24) is 15.1 Å². The van der Waals surface area contributed by atoms with E-state index in [1.165, 1.54) is 11.8 Å². The Morgan fingerprint density at radius 1 is 1.20 bits per heavy atom. The van der Waals surface area contributed by atoms with Crippen LogP contribution in [0.2, 0.25) is 0 Å². The highest BCUT2D eigenvalue weighted by Gasteiger charge is 2.29. The van der Waals surface area contributed by atoms with Crippen LogP contribution in [0.1, 0.15) is 27.2 Å². The first kappa shape index (κ1) is 22.4. The summed E-state index contributed by atoms with van der Waals surface area (Å²) in [6.07, 6.45) is -0.127. The molecule has 1 saturated heterocycles. The van der Waals surface area contributed by atoms with Crippen LogP contribution in [0.4, 0.5) is 10.5 Å². The minimum Gasteiger partial charge on any atom is -0.444 e. The first-order valence-electron chi connectivity index (χ1n) is 10.2. The number of fused-ring (bicyclic) bond motifs is 1. The van der Waals surface area contributed by atoms with Crippen LogP contribution in [0.3, 0.4) is 0 Å². The first-order chi connectivity index (χ1) is 14.2. The monoisotopic (exact) mass is 434 g/mol. The van der Waals surface area contributed by atoms with E-state index < -0.39 is 10.9 Å². The van der Waals surface area contributed by atoms with E-state index in [0.29, 0.717) is 26.2 Å². The number of amides is 3. The van der Waals surface area contributed by atoms with Crippen LogP contribution in [-0.2, 0) is 14.3 Å². The molecule has 3 amide bonds. The maximum absolute atomic E-state index is 12.3. The molecule has 164 valence electrons. The average molecular weight is 435 g/mol. The number of piperazine rings is 1. The fourth-order valence-electron chi connectivity index (χ4n) is 3.30. The number of nitrogens with zero attached hydrogens (tertiary/aromatic N) is 2. The summed E-state index contributed by atoms with van der Waals surface area (Å²) in [4.78, 5) is 41.5. The number of hydrogen-bond donors (Lipinski definition) is 2. The van der Waals surface area contributed by atoms with E-state index in [4.69, 9.17) is 4.74 Å². The number of carbonyl (C=O) groups excluding carboxylic acids is 3. The Balaban J connectivity index is 1.35. The normalized spacial score (nSPS) is 19.6. The zero-order valence-corrected chi connectivity index (χ0v) is 18.6. The molecule has 0 aromatic heterocycles. The number of ether oxygens (including phenoxy) is 1. The summed E-state index contributed by atoms with van der Waals surface area (Å²) in [7, 11) is 0. The number of rotatable bonds is 5. The highest BCUT2D eigenvalue weighted by atomic mass is 32.2. The molecule has 0 bridgehead atoms. The average Bonchev–Trinajstić information content (AvgIpc) is 2.68. The number of hydrogen-bond acceptors (Lipinski definition) is 6. The third-order valence-electron chi connectivity index (χ3n) is 4.85. The summed E-state index contributed by atoms with van der Waals surface area (Å²) in [6, 6.07) is 7.60. The van der Waals surface area contributed by atoms with Gasteiger partial charge in [0.05, 0.1) is 10.9 Å². The van der Waals surface area contributed by atoms with Crippen LogP contribution in [0.25, 0.3) is 0 Å². The quantitative estimate of drug-likeness (QED) is 0.738. The van der Waals surface area contributed by atoms with Gasteiger partial charge in [0, 0.05) is 50.6 Å². The fourth-order valence-corrected chi connectivity index (χ4v) is 4.41. The van der Waals surface area contributed by atoms with Gasteiger partial charge in [0.15, 0.2) is 0 Å². The lowest BCUT2D eigenvalue weighted by Gasteiger charge is -2.35. The topological polar surface area (TPSA) is 91.0 Å². The molecule has 2 aliphatic heterocycles. The van der Waals surface area contributed by atoms with Crippen LogP contribution in [0.5, 0.6) is 0 Å². The van der Waals surface area contributed by atoms with Crippen LogP contribution in [0, 0.1) is 0 Å². The molecule has 1 aromatic rings. The van der Waals surface area contributed by atoms with Crippen LogP contribution in [-0.4, -0.2) is 77.8 Å². The van der Waals surface area contributed by atoms with Gasteiger partial charge in [-0.1, -0.05) is 12.1 Å². The largest absolute Gasteiger partial charge is 0.444 e. The zero-order valence-electron chi connectivity index (χ0n) is 17.8. The number of benzene rings is 1. The summed E-state index contributed by atoms with van der Waals surface area (Å²) in [6.45, 7) is 9.51. The van der Waals surface area contributed by atoms with E-state index in [9.17, 15) is 14.4 Å². The summed E-state index contributed by atoms with van der Waals surface area (Å²) in [5.41, 5.74) is 0.309. The molecule has 0 spiro atoms. The SMILES string of the molecule is CC(C)(C)OC(=O)N1CCN(CCNC(=O)CC2Sc3ccccc3NC2=O)CC1. The van der Waals surface area contributed by atoms with E-state index in [-0.39, 0.29) is 24.3 Å². The lowest BCUT2D eigenvalue weighted by atomic mass is 10.2. The van der Waals surface area contributed by atoms with E-state index in [1.807, 2.05) is 45.0 Å².